The Morgan fingerprint density at radius 1 is 1.39 bits per heavy atom. The van der Waals surface area contributed by atoms with E-state index in [1.54, 1.807) is 38.0 Å². The molecule has 0 aliphatic carbocycles. The van der Waals surface area contributed by atoms with Gasteiger partial charge in [0.05, 0.1) is 23.8 Å². The zero-order chi connectivity index (χ0) is 12.8. The van der Waals surface area contributed by atoms with Crippen LogP contribution in [0.5, 0.6) is 0 Å². The molecule has 0 saturated carbocycles. The van der Waals surface area contributed by atoms with E-state index in [9.17, 15) is 4.79 Å². The minimum absolute atomic E-state index is 0.109. The maximum Gasteiger partial charge on any atom is 0.253 e. The molecule has 0 saturated heterocycles. The molecule has 0 unspecified atom stereocenters. The number of pyridine rings is 1. The monoisotopic (exact) mass is 245 g/mol. The van der Waals surface area contributed by atoms with Crippen molar-refractivity contribution in [2.45, 2.75) is 6.54 Å². The molecule has 6 heteroatoms. The number of anilines is 1. The minimum Gasteiger partial charge on any atom is -0.386 e. The van der Waals surface area contributed by atoms with E-state index in [1.807, 2.05) is 10.8 Å². The second-order valence-electron chi connectivity index (χ2n) is 3.73. The third-order valence-corrected chi connectivity index (χ3v) is 2.55. The Bertz CT molecular complexity index is 509. The van der Waals surface area contributed by atoms with Crippen molar-refractivity contribution >= 4 is 11.6 Å². The first-order valence-electron chi connectivity index (χ1n) is 5.67. The molecule has 2 aromatic heterocycles. The topological polar surface area (TPSA) is 71.8 Å². The van der Waals surface area contributed by atoms with E-state index in [4.69, 9.17) is 0 Å². The van der Waals surface area contributed by atoms with Gasteiger partial charge in [-0.25, -0.2) is 4.98 Å². The minimum atomic E-state index is -0.109. The van der Waals surface area contributed by atoms with Gasteiger partial charge in [-0.05, 0) is 6.07 Å². The number of aromatic nitrogens is 3. The van der Waals surface area contributed by atoms with E-state index >= 15 is 0 Å². The van der Waals surface area contributed by atoms with E-state index in [2.05, 4.69) is 20.6 Å². The summed E-state index contributed by atoms with van der Waals surface area (Å²) in [6, 6.07) is 1.69. The number of carbonyl (C=O) groups excluding carboxylic acids is 1. The van der Waals surface area contributed by atoms with Gasteiger partial charge < -0.3 is 15.2 Å². The SMILES string of the molecule is CNc1cnccc1C(=O)NCCn1ccnc1. The van der Waals surface area contributed by atoms with Gasteiger partial charge in [-0.3, -0.25) is 9.78 Å². The number of carbonyl (C=O) groups is 1. The van der Waals surface area contributed by atoms with Crippen molar-refractivity contribution in [2.24, 2.45) is 0 Å². The van der Waals surface area contributed by atoms with Crippen LogP contribution in [0.3, 0.4) is 0 Å². The van der Waals surface area contributed by atoms with Crippen molar-refractivity contribution in [1.29, 1.82) is 0 Å². The number of imidazole rings is 1. The second kappa shape index (κ2) is 5.81. The number of nitrogens with one attached hydrogen (secondary N) is 2. The number of hydrogen-bond acceptors (Lipinski definition) is 4. The molecule has 2 N–H and O–H groups in total. The van der Waals surface area contributed by atoms with Gasteiger partial charge in [0, 0.05) is 38.7 Å². The first-order chi connectivity index (χ1) is 8.81. The van der Waals surface area contributed by atoms with E-state index in [1.165, 1.54) is 0 Å². The van der Waals surface area contributed by atoms with Crippen molar-refractivity contribution in [1.82, 2.24) is 19.9 Å². The van der Waals surface area contributed by atoms with Gasteiger partial charge in [0.25, 0.3) is 5.91 Å². The maximum atomic E-state index is 11.9. The fourth-order valence-corrected chi connectivity index (χ4v) is 1.60. The predicted molar refractivity (Wildman–Crippen MR) is 68.3 cm³/mol. The molecule has 6 nitrogen and oxygen atoms in total. The highest BCUT2D eigenvalue weighted by molar-refractivity contribution is 5.99. The molecule has 0 atom stereocenters. The van der Waals surface area contributed by atoms with E-state index in [0.29, 0.717) is 18.7 Å². The molecular weight excluding hydrogens is 230 g/mol. The molecule has 0 bridgehead atoms. The van der Waals surface area contributed by atoms with Crippen LogP contribution >= 0.6 is 0 Å². The highest BCUT2D eigenvalue weighted by Crippen LogP contribution is 2.11. The van der Waals surface area contributed by atoms with Crippen molar-refractivity contribution in [3.05, 3.63) is 42.7 Å². The van der Waals surface area contributed by atoms with Crippen LogP contribution in [-0.2, 0) is 6.54 Å². The Kier molecular flexibility index (Phi) is 3.90. The summed E-state index contributed by atoms with van der Waals surface area (Å²) >= 11 is 0. The normalized spacial score (nSPS) is 10.1. The van der Waals surface area contributed by atoms with Crippen LogP contribution in [0.1, 0.15) is 10.4 Å². The first kappa shape index (κ1) is 12.1. The molecule has 0 radical (unpaired) electrons. The summed E-state index contributed by atoms with van der Waals surface area (Å²) < 4.78 is 1.91. The van der Waals surface area contributed by atoms with Crippen molar-refractivity contribution in [3.63, 3.8) is 0 Å². The van der Waals surface area contributed by atoms with Crippen LogP contribution in [0, 0.1) is 0 Å². The lowest BCUT2D eigenvalue weighted by atomic mass is 10.2. The summed E-state index contributed by atoms with van der Waals surface area (Å²) in [7, 11) is 1.76. The molecule has 0 aliphatic rings. The van der Waals surface area contributed by atoms with Crippen LogP contribution in [-0.4, -0.2) is 34.0 Å². The molecule has 18 heavy (non-hydrogen) atoms. The molecule has 2 heterocycles. The number of hydrogen-bond donors (Lipinski definition) is 2. The van der Waals surface area contributed by atoms with Crippen LogP contribution in [0.25, 0.3) is 0 Å². The van der Waals surface area contributed by atoms with Crippen LogP contribution < -0.4 is 10.6 Å². The Hall–Kier alpha value is -2.37. The van der Waals surface area contributed by atoms with E-state index in [0.717, 1.165) is 5.69 Å². The van der Waals surface area contributed by atoms with Gasteiger partial charge in [-0.1, -0.05) is 0 Å². The summed E-state index contributed by atoms with van der Waals surface area (Å²) in [5.41, 5.74) is 1.32. The van der Waals surface area contributed by atoms with Crippen LogP contribution in [0.4, 0.5) is 5.69 Å². The lowest BCUT2D eigenvalue weighted by Gasteiger charge is -2.09. The number of rotatable bonds is 5. The Balaban J connectivity index is 1.91. The summed E-state index contributed by atoms with van der Waals surface area (Å²) in [6.07, 6.45) is 8.52. The fourth-order valence-electron chi connectivity index (χ4n) is 1.60. The number of nitrogens with zero attached hydrogens (tertiary/aromatic N) is 3. The molecule has 0 aliphatic heterocycles. The zero-order valence-electron chi connectivity index (χ0n) is 10.1. The van der Waals surface area contributed by atoms with Gasteiger partial charge in [0.2, 0.25) is 0 Å². The highest BCUT2D eigenvalue weighted by Gasteiger charge is 2.09. The third kappa shape index (κ3) is 2.85. The molecule has 1 amide bonds. The van der Waals surface area contributed by atoms with Crippen molar-refractivity contribution in [3.8, 4) is 0 Å². The molecule has 0 spiro atoms. The smallest absolute Gasteiger partial charge is 0.253 e. The molecule has 0 fully saturated rings. The molecule has 0 aromatic carbocycles. The molecule has 94 valence electrons. The van der Waals surface area contributed by atoms with Crippen molar-refractivity contribution in [2.75, 3.05) is 18.9 Å². The summed E-state index contributed by atoms with van der Waals surface area (Å²) in [5, 5.41) is 5.80. The fraction of sp³-hybridized carbons (Fsp3) is 0.250. The Morgan fingerprint density at radius 3 is 3.00 bits per heavy atom. The van der Waals surface area contributed by atoms with Gasteiger partial charge in [-0.15, -0.1) is 0 Å². The lowest BCUT2D eigenvalue weighted by Crippen LogP contribution is -2.27. The summed E-state index contributed by atoms with van der Waals surface area (Å²) in [5.74, 6) is -0.109. The van der Waals surface area contributed by atoms with Gasteiger partial charge in [-0.2, -0.15) is 0 Å². The van der Waals surface area contributed by atoms with E-state index in [-0.39, 0.29) is 5.91 Å². The predicted octanol–water partition coefficient (Wildman–Crippen LogP) is 0.750. The quantitative estimate of drug-likeness (QED) is 0.815. The summed E-state index contributed by atoms with van der Waals surface area (Å²) in [6.45, 7) is 1.26. The molecule has 2 rings (SSSR count). The average Bonchev–Trinajstić information content (AvgIpc) is 2.91. The van der Waals surface area contributed by atoms with Gasteiger partial charge in [0.15, 0.2) is 0 Å². The molecule has 2 aromatic rings. The Labute approximate surface area is 105 Å². The third-order valence-electron chi connectivity index (χ3n) is 2.55. The first-order valence-corrected chi connectivity index (χ1v) is 5.67. The summed E-state index contributed by atoms with van der Waals surface area (Å²) in [4.78, 5) is 19.9. The largest absolute Gasteiger partial charge is 0.386 e. The van der Waals surface area contributed by atoms with Gasteiger partial charge in [0.1, 0.15) is 0 Å². The van der Waals surface area contributed by atoms with Crippen molar-refractivity contribution < 1.29 is 4.79 Å². The van der Waals surface area contributed by atoms with Crippen LogP contribution in [0.2, 0.25) is 0 Å². The highest BCUT2D eigenvalue weighted by atomic mass is 16.1. The Morgan fingerprint density at radius 2 is 2.28 bits per heavy atom. The van der Waals surface area contributed by atoms with E-state index < -0.39 is 0 Å². The maximum absolute atomic E-state index is 11.9. The zero-order valence-corrected chi connectivity index (χ0v) is 10.1. The standard InChI is InChI=1S/C12H15N5O/c1-13-11-8-14-3-2-10(11)12(18)16-5-7-17-6-4-15-9-17/h2-4,6,8-9,13H,5,7H2,1H3,(H,16,18). The second-order valence-corrected chi connectivity index (χ2v) is 3.73. The number of amides is 1. The lowest BCUT2D eigenvalue weighted by molar-refractivity contribution is 0.0953. The molecular formula is C12H15N5O. The van der Waals surface area contributed by atoms with Gasteiger partial charge >= 0.3 is 0 Å². The van der Waals surface area contributed by atoms with Crippen LogP contribution in [0.15, 0.2) is 37.2 Å². The average molecular weight is 245 g/mol.